The Balaban J connectivity index is 1.73. The van der Waals surface area contributed by atoms with Gasteiger partial charge in [-0.1, -0.05) is 12.1 Å². The van der Waals surface area contributed by atoms with E-state index in [9.17, 15) is 23.1 Å². The maximum atomic E-state index is 12.5. The molecule has 7 nitrogen and oxygen atoms in total. The normalized spacial score (nSPS) is 18.4. The van der Waals surface area contributed by atoms with E-state index in [0.29, 0.717) is 17.7 Å². The van der Waals surface area contributed by atoms with Crippen molar-refractivity contribution in [3.05, 3.63) is 52.8 Å². The van der Waals surface area contributed by atoms with Crippen molar-refractivity contribution < 1.29 is 27.9 Å². The number of phenols is 1. The molecule has 2 aromatic rings. The lowest BCUT2D eigenvalue weighted by Gasteiger charge is -2.16. The number of rotatable bonds is 5. The first-order valence-corrected chi connectivity index (χ1v) is 10.4. The van der Waals surface area contributed by atoms with Gasteiger partial charge in [0.1, 0.15) is 11.3 Å². The first-order valence-electron chi connectivity index (χ1n) is 8.57. The predicted octanol–water partition coefficient (Wildman–Crippen LogP) is 2.21. The smallest absolute Gasteiger partial charge is 0.342 e. The number of nitrogens with zero attached hydrogens (tertiary/aromatic N) is 1. The van der Waals surface area contributed by atoms with Crippen molar-refractivity contribution in [1.82, 2.24) is 4.57 Å². The molecular weight excluding hydrogens is 370 g/mol. The van der Waals surface area contributed by atoms with Gasteiger partial charge in [-0.3, -0.25) is 4.79 Å². The number of Topliss-reactive ketones (excluding diaryl/α,β-unsaturated/α-hetero) is 1. The molecule has 0 spiro atoms. The fourth-order valence-electron chi connectivity index (χ4n) is 3.53. The van der Waals surface area contributed by atoms with E-state index < -0.39 is 22.4 Å². The van der Waals surface area contributed by atoms with Crippen molar-refractivity contribution >= 4 is 21.6 Å². The van der Waals surface area contributed by atoms with Gasteiger partial charge < -0.3 is 14.4 Å². The van der Waals surface area contributed by atoms with Gasteiger partial charge in [0.05, 0.1) is 11.5 Å². The molecule has 27 heavy (non-hydrogen) atoms. The summed E-state index contributed by atoms with van der Waals surface area (Å²) >= 11 is 0. The second kappa shape index (κ2) is 7.19. The molecule has 1 aromatic carbocycles. The number of aromatic nitrogens is 1. The highest BCUT2D eigenvalue weighted by Gasteiger charge is 2.31. The molecule has 0 aliphatic carbocycles. The van der Waals surface area contributed by atoms with E-state index in [1.165, 1.54) is 12.1 Å². The Bertz CT molecular complexity index is 1010. The van der Waals surface area contributed by atoms with Crippen LogP contribution in [0.15, 0.2) is 30.3 Å². The molecule has 1 N–H and O–H groups in total. The molecule has 0 amide bonds. The minimum Gasteiger partial charge on any atom is -0.507 e. The number of ether oxygens (including phenoxy) is 1. The maximum absolute atomic E-state index is 12.5. The molecule has 0 bridgehead atoms. The van der Waals surface area contributed by atoms with E-state index >= 15 is 0 Å². The van der Waals surface area contributed by atoms with E-state index in [-0.39, 0.29) is 34.6 Å². The molecule has 0 unspecified atom stereocenters. The Morgan fingerprint density at radius 1 is 1.22 bits per heavy atom. The number of ketones is 1. The number of esters is 1. The van der Waals surface area contributed by atoms with Gasteiger partial charge in [-0.25, -0.2) is 13.2 Å². The van der Waals surface area contributed by atoms with Gasteiger partial charge in [-0.15, -0.1) is 0 Å². The first-order chi connectivity index (χ1) is 12.7. The zero-order valence-corrected chi connectivity index (χ0v) is 16.0. The zero-order valence-electron chi connectivity index (χ0n) is 15.1. The second-order valence-corrected chi connectivity index (χ2v) is 8.96. The zero-order chi connectivity index (χ0) is 19.8. The number of hydrogen-bond donors (Lipinski definition) is 1. The second-order valence-electron chi connectivity index (χ2n) is 6.73. The molecule has 1 aliphatic rings. The van der Waals surface area contributed by atoms with Gasteiger partial charge in [0.15, 0.2) is 16.4 Å². The molecule has 1 aromatic heterocycles. The largest absolute Gasteiger partial charge is 0.507 e. The number of carbonyl (C=O) groups is 2. The lowest BCUT2D eigenvalue weighted by Crippen LogP contribution is -2.17. The van der Waals surface area contributed by atoms with Crippen LogP contribution in [0, 0.1) is 13.8 Å². The SMILES string of the molecule is Cc1cc(C(=O)COC(=O)c2ccccc2O)c(C)n1[C@@H]1CCS(=O)(=O)C1. The fraction of sp³-hybridized carbons (Fsp3) is 0.368. The van der Waals surface area contributed by atoms with Gasteiger partial charge in [0.25, 0.3) is 0 Å². The fourth-order valence-corrected chi connectivity index (χ4v) is 5.23. The summed E-state index contributed by atoms with van der Waals surface area (Å²) in [7, 11) is -3.04. The quantitative estimate of drug-likeness (QED) is 0.619. The van der Waals surface area contributed by atoms with Gasteiger partial charge in [0, 0.05) is 23.0 Å². The molecule has 1 fully saturated rings. The topological polar surface area (TPSA) is 103 Å². The Morgan fingerprint density at radius 3 is 2.56 bits per heavy atom. The van der Waals surface area contributed by atoms with Crippen LogP contribution in [0.4, 0.5) is 0 Å². The van der Waals surface area contributed by atoms with Crippen LogP contribution >= 0.6 is 0 Å². The third kappa shape index (κ3) is 3.90. The third-order valence-electron chi connectivity index (χ3n) is 4.82. The van der Waals surface area contributed by atoms with Gasteiger partial charge >= 0.3 is 5.97 Å². The predicted molar refractivity (Wildman–Crippen MR) is 98.9 cm³/mol. The summed E-state index contributed by atoms with van der Waals surface area (Å²) in [5.74, 6) is -1.15. The van der Waals surface area contributed by atoms with E-state index in [4.69, 9.17) is 4.74 Å². The summed E-state index contributed by atoms with van der Waals surface area (Å²) in [6.45, 7) is 3.12. The standard InChI is InChI=1S/C19H21NO6S/c1-12-9-16(13(2)20(12)14-7-8-27(24,25)11-14)18(22)10-26-19(23)15-5-3-4-6-17(15)21/h3-6,9,14,21H,7-8,10-11H2,1-2H3/t14-/m1/s1. The summed E-state index contributed by atoms with van der Waals surface area (Å²) in [6.07, 6.45) is 0.522. The first kappa shape index (κ1) is 19.2. The van der Waals surface area contributed by atoms with Crippen molar-refractivity contribution in [2.24, 2.45) is 0 Å². The number of para-hydroxylation sites is 1. The van der Waals surface area contributed by atoms with Crippen molar-refractivity contribution in [3.8, 4) is 5.75 Å². The average Bonchev–Trinajstić information content (AvgIpc) is 3.11. The summed E-state index contributed by atoms with van der Waals surface area (Å²) in [5, 5.41) is 9.67. The number of phenolic OH excluding ortho intramolecular Hbond substituents is 1. The van der Waals surface area contributed by atoms with Gasteiger partial charge in [-0.2, -0.15) is 0 Å². The van der Waals surface area contributed by atoms with E-state index in [1.807, 2.05) is 11.5 Å². The highest BCUT2D eigenvalue weighted by molar-refractivity contribution is 7.91. The molecule has 2 heterocycles. The molecular formula is C19H21NO6S. The number of carbonyl (C=O) groups excluding carboxylic acids is 2. The lowest BCUT2D eigenvalue weighted by molar-refractivity contribution is 0.0471. The van der Waals surface area contributed by atoms with Crippen molar-refractivity contribution in [3.63, 3.8) is 0 Å². The summed E-state index contributed by atoms with van der Waals surface area (Å²) in [6, 6.07) is 7.45. The van der Waals surface area contributed by atoms with Crippen molar-refractivity contribution in [1.29, 1.82) is 0 Å². The van der Waals surface area contributed by atoms with E-state index in [1.54, 1.807) is 25.1 Å². The number of hydrogen-bond acceptors (Lipinski definition) is 6. The minimum atomic E-state index is -3.04. The molecule has 144 valence electrons. The van der Waals surface area contributed by atoms with Crippen LogP contribution in [0.2, 0.25) is 0 Å². The highest BCUT2D eigenvalue weighted by atomic mass is 32.2. The van der Waals surface area contributed by atoms with Crippen molar-refractivity contribution in [2.45, 2.75) is 26.3 Å². The molecule has 0 radical (unpaired) electrons. The maximum Gasteiger partial charge on any atom is 0.342 e. The van der Waals surface area contributed by atoms with Crippen LogP contribution in [-0.4, -0.2) is 48.0 Å². The molecule has 1 aliphatic heterocycles. The number of aromatic hydroxyl groups is 1. The number of aryl methyl sites for hydroxylation is 1. The van der Waals surface area contributed by atoms with Crippen LogP contribution in [0.1, 0.15) is 44.6 Å². The van der Waals surface area contributed by atoms with Crippen LogP contribution in [0.5, 0.6) is 5.75 Å². The van der Waals surface area contributed by atoms with Gasteiger partial charge in [0.2, 0.25) is 5.78 Å². The molecule has 1 saturated heterocycles. The summed E-state index contributed by atoms with van der Waals surface area (Å²) in [5.41, 5.74) is 1.86. The molecule has 8 heteroatoms. The van der Waals surface area contributed by atoms with Gasteiger partial charge in [-0.05, 0) is 38.5 Å². The minimum absolute atomic E-state index is 0.00747. The number of sulfone groups is 1. The Kier molecular flexibility index (Phi) is 5.10. The van der Waals surface area contributed by atoms with E-state index in [2.05, 4.69) is 0 Å². The monoisotopic (exact) mass is 391 g/mol. The summed E-state index contributed by atoms with van der Waals surface area (Å²) in [4.78, 5) is 24.6. The van der Waals surface area contributed by atoms with Crippen LogP contribution in [-0.2, 0) is 14.6 Å². The molecule has 3 rings (SSSR count). The van der Waals surface area contributed by atoms with Crippen LogP contribution in [0.25, 0.3) is 0 Å². The Hall–Kier alpha value is -2.61. The molecule has 0 saturated carbocycles. The average molecular weight is 391 g/mol. The van der Waals surface area contributed by atoms with Crippen molar-refractivity contribution in [2.75, 3.05) is 18.1 Å². The van der Waals surface area contributed by atoms with Crippen LogP contribution < -0.4 is 0 Å². The summed E-state index contributed by atoms with van der Waals surface area (Å²) < 4.78 is 30.4. The van der Waals surface area contributed by atoms with Crippen LogP contribution in [0.3, 0.4) is 0 Å². The molecule has 1 atom stereocenters. The Labute approximate surface area is 157 Å². The highest BCUT2D eigenvalue weighted by Crippen LogP contribution is 2.29. The number of benzene rings is 1. The third-order valence-corrected chi connectivity index (χ3v) is 6.57. The lowest BCUT2D eigenvalue weighted by atomic mass is 10.1. The Morgan fingerprint density at radius 2 is 1.93 bits per heavy atom. The van der Waals surface area contributed by atoms with E-state index in [0.717, 1.165) is 5.69 Å².